The number of halogens is 2. The highest BCUT2D eigenvalue weighted by atomic mass is 79.9. The highest BCUT2D eigenvalue weighted by Crippen LogP contribution is 2.34. The summed E-state index contributed by atoms with van der Waals surface area (Å²) in [6.45, 7) is 7.00. The fraction of sp³-hybridized carbons (Fsp3) is 0.571. The average molecular weight is 411 g/mol. The fourth-order valence-electron chi connectivity index (χ4n) is 1.61. The SMILES string of the molecule is CCCNCc1cc(Br)c(OCCSCC)c(Br)c1. The Balaban J connectivity index is 2.58. The van der Waals surface area contributed by atoms with E-state index in [0.717, 1.165) is 52.3 Å². The molecule has 0 aliphatic rings. The monoisotopic (exact) mass is 409 g/mol. The number of ether oxygens (including phenoxy) is 1. The summed E-state index contributed by atoms with van der Waals surface area (Å²) < 4.78 is 7.84. The fourth-order valence-corrected chi connectivity index (χ4v) is 3.61. The Kier molecular flexibility index (Phi) is 9.20. The number of benzene rings is 1. The lowest BCUT2D eigenvalue weighted by Gasteiger charge is -2.12. The smallest absolute Gasteiger partial charge is 0.147 e. The van der Waals surface area contributed by atoms with Crippen LogP contribution in [-0.4, -0.2) is 24.7 Å². The minimum atomic E-state index is 0.739. The molecule has 0 spiro atoms. The lowest BCUT2D eigenvalue weighted by atomic mass is 10.2. The van der Waals surface area contributed by atoms with Gasteiger partial charge in [0.1, 0.15) is 5.75 Å². The van der Waals surface area contributed by atoms with Crippen molar-refractivity contribution in [1.29, 1.82) is 0 Å². The third-order valence-corrected chi connectivity index (χ3v) is 4.53. The van der Waals surface area contributed by atoms with Gasteiger partial charge in [0.15, 0.2) is 0 Å². The predicted molar refractivity (Wildman–Crippen MR) is 92.3 cm³/mol. The molecular weight excluding hydrogens is 390 g/mol. The van der Waals surface area contributed by atoms with E-state index in [1.807, 2.05) is 11.8 Å². The van der Waals surface area contributed by atoms with Gasteiger partial charge in [-0.05, 0) is 68.3 Å². The topological polar surface area (TPSA) is 21.3 Å². The van der Waals surface area contributed by atoms with Crippen molar-refractivity contribution in [2.45, 2.75) is 26.8 Å². The molecule has 0 heterocycles. The maximum Gasteiger partial charge on any atom is 0.147 e. The molecule has 0 saturated heterocycles. The molecule has 0 saturated carbocycles. The van der Waals surface area contributed by atoms with Crippen molar-refractivity contribution in [1.82, 2.24) is 5.32 Å². The van der Waals surface area contributed by atoms with Crippen molar-refractivity contribution in [2.24, 2.45) is 0 Å². The van der Waals surface area contributed by atoms with Crippen LogP contribution < -0.4 is 10.1 Å². The Hall–Kier alpha value is 0.290. The summed E-state index contributed by atoms with van der Waals surface area (Å²) in [5.74, 6) is 3.05. The van der Waals surface area contributed by atoms with Crippen LogP contribution >= 0.6 is 43.6 Å². The average Bonchev–Trinajstić information content (AvgIpc) is 2.37. The van der Waals surface area contributed by atoms with Crippen LogP contribution in [0, 0.1) is 0 Å². The van der Waals surface area contributed by atoms with Gasteiger partial charge in [-0.25, -0.2) is 0 Å². The molecule has 108 valence electrons. The molecule has 5 heteroatoms. The van der Waals surface area contributed by atoms with Gasteiger partial charge >= 0.3 is 0 Å². The van der Waals surface area contributed by atoms with E-state index < -0.39 is 0 Å². The van der Waals surface area contributed by atoms with E-state index in [2.05, 4.69) is 63.2 Å². The highest BCUT2D eigenvalue weighted by Gasteiger charge is 2.08. The van der Waals surface area contributed by atoms with Crippen LogP contribution in [0.1, 0.15) is 25.8 Å². The maximum atomic E-state index is 5.82. The van der Waals surface area contributed by atoms with Crippen molar-refractivity contribution < 1.29 is 4.74 Å². The highest BCUT2D eigenvalue weighted by molar-refractivity contribution is 9.11. The Morgan fingerprint density at radius 1 is 1.21 bits per heavy atom. The zero-order valence-electron chi connectivity index (χ0n) is 11.5. The number of hydrogen-bond acceptors (Lipinski definition) is 3. The van der Waals surface area contributed by atoms with Crippen molar-refractivity contribution in [3.63, 3.8) is 0 Å². The first kappa shape index (κ1) is 17.3. The third-order valence-electron chi connectivity index (χ3n) is 2.49. The molecule has 0 atom stereocenters. The van der Waals surface area contributed by atoms with E-state index in [-0.39, 0.29) is 0 Å². The molecule has 2 nitrogen and oxygen atoms in total. The number of rotatable bonds is 9. The summed E-state index contributed by atoms with van der Waals surface area (Å²) in [4.78, 5) is 0. The molecule has 0 unspecified atom stereocenters. The normalized spacial score (nSPS) is 10.7. The molecule has 0 bridgehead atoms. The largest absolute Gasteiger partial charge is 0.490 e. The second-order valence-electron chi connectivity index (χ2n) is 4.11. The molecule has 1 aromatic rings. The predicted octanol–water partition coefficient (Wildman–Crippen LogP) is 4.84. The zero-order chi connectivity index (χ0) is 14.1. The summed E-state index contributed by atoms with van der Waals surface area (Å²) in [7, 11) is 0. The lowest BCUT2D eigenvalue weighted by Crippen LogP contribution is -2.13. The van der Waals surface area contributed by atoms with Gasteiger partial charge in [-0.3, -0.25) is 0 Å². The van der Waals surface area contributed by atoms with Crippen LogP contribution in [0.15, 0.2) is 21.1 Å². The lowest BCUT2D eigenvalue weighted by molar-refractivity contribution is 0.339. The van der Waals surface area contributed by atoms with E-state index >= 15 is 0 Å². The van der Waals surface area contributed by atoms with Crippen LogP contribution in [0.25, 0.3) is 0 Å². The molecule has 0 fully saturated rings. The number of thioether (sulfide) groups is 1. The van der Waals surface area contributed by atoms with Gasteiger partial charge in [0.05, 0.1) is 15.6 Å². The summed E-state index contributed by atoms with van der Waals surface area (Å²) in [6, 6.07) is 4.24. The van der Waals surface area contributed by atoms with Gasteiger partial charge in [0.2, 0.25) is 0 Å². The van der Waals surface area contributed by atoms with Gasteiger partial charge in [0, 0.05) is 12.3 Å². The standard InChI is InChI=1S/C14H21Br2NOS/c1-3-5-17-10-11-8-12(15)14(13(16)9-11)18-6-7-19-4-2/h8-9,17H,3-7,10H2,1-2H3. The van der Waals surface area contributed by atoms with Gasteiger partial charge < -0.3 is 10.1 Å². The molecule has 1 aromatic carbocycles. The zero-order valence-corrected chi connectivity index (χ0v) is 15.5. The molecule has 19 heavy (non-hydrogen) atoms. The molecule has 1 rings (SSSR count). The van der Waals surface area contributed by atoms with Crippen LogP contribution in [0.5, 0.6) is 5.75 Å². The first-order chi connectivity index (χ1) is 9.19. The van der Waals surface area contributed by atoms with Crippen LogP contribution in [-0.2, 0) is 6.54 Å². The van der Waals surface area contributed by atoms with Crippen LogP contribution in [0.2, 0.25) is 0 Å². The Morgan fingerprint density at radius 3 is 2.47 bits per heavy atom. The molecule has 1 N–H and O–H groups in total. The first-order valence-electron chi connectivity index (χ1n) is 6.58. The molecular formula is C14H21Br2NOS. The van der Waals surface area contributed by atoms with Crippen molar-refractivity contribution in [3.05, 3.63) is 26.6 Å². The van der Waals surface area contributed by atoms with Crippen LogP contribution in [0.3, 0.4) is 0 Å². The summed E-state index contributed by atoms with van der Waals surface area (Å²) in [5, 5.41) is 3.40. The van der Waals surface area contributed by atoms with Gasteiger partial charge in [-0.15, -0.1) is 0 Å². The number of nitrogens with one attached hydrogen (secondary N) is 1. The minimum absolute atomic E-state index is 0.739. The summed E-state index contributed by atoms with van der Waals surface area (Å²) in [5.41, 5.74) is 1.25. The van der Waals surface area contributed by atoms with Crippen LogP contribution in [0.4, 0.5) is 0 Å². The molecule has 0 aromatic heterocycles. The molecule has 0 radical (unpaired) electrons. The van der Waals surface area contributed by atoms with Crippen molar-refractivity contribution >= 4 is 43.6 Å². The minimum Gasteiger partial charge on any atom is -0.490 e. The second kappa shape index (κ2) is 10.1. The third kappa shape index (κ3) is 6.52. The van der Waals surface area contributed by atoms with E-state index in [4.69, 9.17) is 4.74 Å². The maximum absolute atomic E-state index is 5.82. The molecule has 0 aliphatic heterocycles. The molecule has 0 amide bonds. The van der Waals surface area contributed by atoms with Crippen molar-refractivity contribution in [2.75, 3.05) is 24.7 Å². The van der Waals surface area contributed by atoms with E-state index in [1.165, 1.54) is 5.56 Å². The number of hydrogen-bond donors (Lipinski definition) is 1. The van der Waals surface area contributed by atoms with E-state index in [1.54, 1.807) is 0 Å². The Labute approximate surface area is 137 Å². The van der Waals surface area contributed by atoms with Gasteiger partial charge in [0.25, 0.3) is 0 Å². The Bertz CT molecular complexity index is 365. The molecule has 0 aliphatic carbocycles. The van der Waals surface area contributed by atoms with Crippen molar-refractivity contribution in [3.8, 4) is 5.75 Å². The Morgan fingerprint density at radius 2 is 1.89 bits per heavy atom. The van der Waals surface area contributed by atoms with E-state index in [9.17, 15) is 0 Å². The quantitative estimate of drug-likeness (QED) is 0.588. The summed E-state index contributed by atoms with van der Waals surface area (Å²) in [6.07, 6.45) is 1.15. The first-order valence-corrected chi connectivity index (χ1v) is 9.32. The second-order valence-corrected chi connectivity index (χ2v) is 7.21. The van der Waals surface area contributed by atoms with Gasteiger partial charge in [-0.1, -0.05) is 13.8 Å². The summed E-state index contributed by atoms with van der Waals surface area (Å²) >= 11 is 9.06. The van der Waals surface area contributed by atoms with Gasteiger partial charge in [-0.2, -0.15) is 11.8 Å². The van der Waals surface area contributed by atoms with E-state index in [0.29, 0.717) is 0 Å².